The van der Waals surface area contributed by atoms with Crippen molar-refractivity contribution >= 4 is 39.3 Å². The highest BCUT2D eigenvalue weighted by Gasteiger charge is 2.23. The van der Waals surface area contributed by atoms with Gasteiger partial charge < -0.3 is 15.0 Å². The van der Waals surface area contributed by atoms with Crippen LogP contribution in [0.5, 0.6) is 0 Å². The fourth-order valence-electron chi connectivity index (χ4n) is 3.61. The number of carbonyl (C=O) groups is 1. The summed E-state index contributed by atoms with van der Waals surface area (Å²) in [4.78, 5) is 26.5. The standard InChI is InChI=1S/C21H19N7O4S/c1-13-23-24-21-27(13)25-20(33-21)14-2-5-16(6-3-14)22-19(29)15-4-7-17(18(12-15)28(30)31)26-8-10-32-11-9-26/h2-7,12H,8-11H2,1H3,(H,22,29). The SMILES string of the molecule is Cc1nnc2sc(-c3ccc(NC(=O)c4ccc(N5CCOCC5)c([N+](=O)[O-])c4)cc3)nn12. The van der Waals surface area contributed by atoms with Gasteiger partial charge in [-0.15, -0.1) is 10.2 Å². The number of nitrogens with one attached hydrogen (secondary N) is 1. The van der Waals surface area contributed by atoms with Crippen molar-refractivity contribution in [2.45, 2.75) is 6.92 Å². The summed E-state index contributed by atoms with van der Waals surface area (Å²) < 4.78 is 7.00. The van der Waals surface area contributed by atoms with Gasteiger partial charge in [-0.1, -0.05) is 11.3 Å². The maximum atomic E-state index is 12.8. The number of anilines is 2. The highest BCUT2D eigenvalue weighted by molar-refractivity contribution is 7.19. The van der Waals surface area contributed by atoms with Gasteiger partial charge in [-0.2, -0.15) is 9.61 Å². The lowest BCUT2D eigenvalue weighted by atomic mass is 10.1. The molecule has 0 bridgehead atoms. The summed E-state index contributed by atoms with van der Waals surface area (Å²) in [6.07, 6.45) is 0. The predicted octanol–water partition coefficient (Wildman–Crippen LogP) is 3.16. The Morgan fingerprint density at radius 3 is 2.61 bits per heavy atom. The Morgan fingerprint density at radius 1 is 1.15 bits per heavy atom. The number of aromatic nitrogens is 4. The second kappa shape index (κ2) is 8.56. The van der Waals surface area contributed by atoms with Crippen LogP contribution in [0.1, 0.15) is 16.2 Å². The van der Waals surface area contributed by atoms with E-state index in [4.69, 9.17) is 4.74 Å². The van der Waals surface area contributed by atoms with Gasteiger partial charge >= 0.3 is 0 Å². The summed E-state index contributed by atoms with van der Waals surface area (Å²) in [6.45, 7) is 4.00. The Morgan fingerprint density at radius 2 is 1.91 bits per heavy atom. The number of benzene rings is 2. The third-order valence-electron chi connectivity index (χ3n) is 5.32. The highest BCUT2D eigenvalue weighted by Crippen LogP contribution is 2.31. The summed E-state index contributed by atoms with van der Waals surface area (Å²) in [5.74, 6) is 0.291. The van der Waals surface area contributed by atoms with Crippen molar-refractivity contribution < 1.29 is 14.5 Å². The molecule has 168 valence electrons. The number of fused-ring (bicyclic) bond motifs is 1. The molecule has 0 unspecified atom stereocenters. The van der Waals surface area contributed by atoms with E-state index in [-0.39, 0.29) is 11.3 Å². The zero-order chi connectivity index (χ0) is 22.9. The first-order chi connectivity index (χ1) is 16.0. The van der Waals surface area contributed by atoms with Crippen molar-refractivity contribution in [1.82, 2.24) is 19.8 Å². The second-order valence-corrected chi connectivity index (χ2v) is 8.40. The quantitative estimate of drug-likeness (QED) is 0.352. The number of nitro groups is 1. The van der Waals surface area contributed by atoms with Gasteiger partial charge in [-0.3, -0.25) is 14.9 Å². The summed E-state index contributed by atoms with van der Waals surface area (Å²) >= 11 is 1.42. The van der Waals surface area contributed by atoms with Gasteiger partial charge in [0.05, 0.1) is 18.1 Å². The molecule has 5 rings (SSSR count). The molecule has 12 heteroatoms. The fourth-order valence-corrected chi connectivity index (χ4v) is 4.50. The molecule has 1 saturated heterocycles. The van der Waals surface area contributed by atoms with E-state index in [1.165, 1.54) is 17.4 Å². The van der Waals surface area contributed by atoms with Crippen molar-refractivity contribution in [2.75, 3.05) is 36.5 Å². The molecule has 0 radical (unpaired) electrons. The molecule has 0 spiro atoms. The monoisotopic (exact) mass is 465 g/mol. The molecule has 1 fully saturated rings. The van der Waals surface area contributed by atoms with E-state index in [0.29, 0.717) is 48.5 Å². The van der Waals surface area contributed by atoms with Crippen LogP contribution in [0.15, 0.2) is 42.5 Å². The molecule has 1 amide bonds. The smallest absolute Gasteiger partial charge is 0.293 e. The number of hydrogen-bond acceptors (Lipinski definition) is 9. The molecule has 2 aromatic heterocycles. The Kier molecular flexibility index (Phi) is 5.44. The molecule has 33 heavy (non-hydrogen) atoms. The molecule has 4 aromatic rings. The summed E-state index contributed by atoms with van der Waals surface area (Å²) in [5.41, 5.74) is 2.06. The molecule has 0 atom stereocenters. The van der Waals surface area contributed by atoms with E-state index >= 15 is 0 Å². The number of morpholine rings is 1. The van der Waals surface area contributed by atoms with Gasteiger partial charge in [0.25, 0.3) is 11.6 Å². The van der Waals surface area contributed by atoms with Crippen LogP contribution in [-0.4, -0.2) is 56.9 Å². The van der Waals surface area contributed by atoms with Crippen molar-refractivity contribution in [3.05, 3.63) is 64.0 Å². The summed E-state index contributed by atoms with van der Waals surface area (Å²) in [6, 6.07) is 11.8. The van der Waals surface area contributed by atoms with Crippen LogP contribution in [0.3, 0.4) is 0 Å². The molecule has 1 aliphatic heterocycles. The number of nitrogens with zero attached hydrogens (tertiary/aromatic N) is 6. The topological polar surface area (TPSA) is 128 Å². The van der Waals surface area contributed by atoms with Gasteiger partial charge in [0.1, 0.15) is 10.7 Å². The first-order valence-corrected chi connectivity index (χ1v) is 11.0. The third kappa shape index (κ3) is 4.13. The minimum absolute atomic E-state index is 0.0986. The van der Waals surface area contributed by atoms with E-state index in [0.717, 1.165) is 10.6 Å². The Balaban J connectivity index is 1.33. The number of nitro benzene ring substituents is 1. The molecule has 0 saturated carbocycles. The van der Waals surface area contributed by atoms with Crippen molar-refractivity contribution in [3.63, 3.8) is 0 Å². The summed E-state index contributed by atoms with van der Waals surface area (Å²) in [7, 11) is 0. The lowest BCUT2D eigenvalue weighted by Crippen LogP contribution is -2.36. The first kappa shape index (κ1) is 21.0. The van der Waals surface area contributed by atoms with Crippen molar-refractivity contribution in [3.8, 4) is 10.6 Å². The van der Waals surface area contributed by atoms with Crippen molar-refractivity contribution in [2.24, 2.45) is 0 Å². The molecule has 3 heterocycles. The van der Waals surface area contributed by atoms with Gasteiger partial charge in [0.15, 0.2) is 5.82 Å². The Labute approximate surface area is 191 Å². The van der Waals surface area contributed by atoms with E-state index < -0.39 is 10.8 Å². The largest absolute Gasteiger partial charge is 0.378 e. The number of ether oxygens (including phenoxy) is 1. The lowest BCUT2D eigenvalue weighted by molar-refractivity contribution is -0.384. The maximum Gasteiger partial charge on any atom is 0.293 e. The van der Waals surface area contributed by atoms with Crippen LogP contribution < -0.4 is 10.2 Å². The first-order valence-electron chi connectivity index (χ1n) is 10.2. The van der Waals surface area contributed by atoms with Gasteiger partial charge in [-0.25, -0.2) is 0 Å². The molecule has 2 aromatic carbocycles. The third-order valence-corrected chi connectivity index (χ3v) is 6.27. The molecule has 1 N–H and O–H groups in total. The van der Waals surface area contributed by atoms with Crippen LogP contribution in [0.4, 0.5) is 17.1 Å². The lowest BCUT2D eigenvalue weighted by Gasteiger charge is -2.28. The highest BCUT2D eigenvalue weighted by atomic mass is 32.1. The van der Waals surface area contributed by atoms with Crippen LogP contribution in [0.25, 0.3) is 15.5 Å². The van der Waals surface area contributed by atoms with Crippen LogP contribution in [0.2, 0.25) is 0 Å². The average Bonchev–Trinajstić information content (AvgIpc) is 3.41. The zero-order valence-electron chi connectivity index (χ0n) is 17.6. The number of aryl methyl sites for hydroxylation is 1. The van der Waals surface area contributed by atoms with Gasteiger partial charge in [-0.05, 0) is 43.3 Å². The van der Waals surface area contributed by atoms with Gasteiger partial charge in [0.2, 0.25) is 4.96 Å². The maximum absolute atomic E-state index is 12.8. The van der Waals surface area contributed by atoms with Crippen LogP contribution in [-0.2, 0) is 4.74 Å². The molecular weight excluding hydrogens is 446 g/mol. The summed E-state index contributed by atoms with van der Waals surface area (Å²) in [5, 5.41) is 27.8. The Bertz CT molecular complexity index is 1340. The Hall–Kier alpha value is -3.90. The number of hydrogen-bond donors (Lipinski definition) is 1. The predicted molar refractivity (Wildman–Crippen MR) is 123 cm³/mol. The molecule has 11 nitrogen and oxygen atoms in total. The minimum atomic E-state index is -0.460. The van der Waals surface area contributed by atoms with Crippen LogP contribution >= 0.6 is 11.3 Å². The van der Waals surface area contributed by atoms with E-state index in [1.54, 1.807) is 28.8 Å². The number of rotatable bonds is 5. The van der Waals surface area contributed by atoms with E-state index in [1.807, 2.05) is 24.0 Å². The van der Waals surface area contributed by atoms with Crippen molar-refractivity contribution in [1.29, 1.82) is 0 Å². The average molecular weight is 465 g/mol. The molecule has 0 aliphatic carbocycles. The fraction of sp³-hybridized carbons (Fsp3) is 0.238. The molecule has 1 aliphatic rings. The minimum Gasteiger partial charge on any atom is -0.378 e. The van der Waals surface area contributed by atoms with E-state index in [9.17, 15) is 14.9 Å². The number of amides is 1. The second-order valence-electron chi connectivity index (χ2n) is 7.44. The molecular formula is C21H19N7O4S. The zero-order valence-corrected chi connectivity index (χ0v) is 18.4. The van der Waals surface area contributed by atoms with Gasteiger partial charge in [0, 0.05) is 36.0 Å². The number of carbonyl (C=O) groups excluding carboxylic acids is 1. The normalized spacial score (nSPS) is 13.9. The van der Waals surface area contributed by atoms with E-state index in [2.05, 4.69) is 20.6 Å². The van der Waals surface area contributed by atoms with Crippen LogP contribution in [0, 0.1) is 17.0 Å².